The molecule has 1 heterocycles. The molecule has 3 aromatic rings. The number of phenols is 1. The van der Waals surface area contributed by atoms with Gasteiger partial charge in [-0.15, -0.1) is 0 Å². The van der Waals surface area contributed by atoms with Gasteiger partial charge in [0.25, 0.3) is 0 Å². The van der Waals surface area contributed by atoms with E-state index in [1.165, 1.54) is 4.68 Å². The first kappa shape index (κ1) is 18.5. The van der Waals surface area contributed by atoms with E-state index in [0.29, 0.717) is 48.6 Å². The zero-order valence-corrected chi connectivity index (χ0v) is 15.9. The van der Waals surface area contributed by atoms with Gasteiger partial charge in [0.05, 0.1) is 5.69 Å². The van der Waals surface area contributed by atoms with Crippen molar-refractivity contribution in [3.05, 3.63) is 58.2 Å². The number of hydrogen-bond donors (Lipinski definition) is 3. The number of aromatic nitrogens is 2. The van der Waals surface area contributed by atoms with Gasteiger partial charge in [-0.05, 0) is 49.6 Å². The second-order valence-electron chi connectivity index (χ2n) is 6.85. The lowest BCUT2D eigenvalue weighted by molar-refractivity contribution is 0.0681. The summed E-state index contributed by atoms with van der Waals surface area (Å²) >= 11 is 6.32. The van der Waals surface area contributed by atoms with Crippen molar-refractivity contribution in [3.8, 4) is 28.1 Å². The largest absolute Gasteiger partial charge is 0.507 e. The summed E-state index contributed by atoms with van der Waals surface area (Å²) in [5.74, 6) is -0.837. The molecule has 4 N–H and O–H groups in total. The molecule has 0 spiro atoms. The third-order valence-electron chi connectivity index (χ3n) is 5.11. The van der Waals surface area contributed by atoms with Crippen LogP contribution in [0.2, 0.25) is 5.02 Å². The Kier molecular flexibility index (Phi) is 4.83. The van der Waals surface area contributed by atoms with Crippen molar-refractivity contribution in [2.24, 2.45) is 5.73 Å². The molecule has 0 fully saturated rings. The molecule has 0 bridgehead atoms. The van der Waals surface area contributed by atoms with Crippen molar-refractivity contribution >= 4 is 17.6 Å². The van der Waals surface area contributed by atoms with Crippen LogP contribution < -0.4 is 5.73 Å². The fraction of sp³-hybridized carbons (Fsp3) is 0.238. The van der Waals surface area contributed by atoms with Crippen LogP contribution in [0.15, 0.2) is 36.4 Å². The van der Waals surface area contributed by atoms with Crippen LogP contribution in [-0.4, -0.2) is 32.5 Å². The van der Waals surface area contributed by atoms with Crippen molar-refractivity contribution in [2.75, 3.05) is 6.54 Å². The van der Waals surface area contributed by atoms with E-state index in [0.717, 1.165) is 22.3 Å². The standard InChI is InChI=1S/C21H20ClN3O3/c22-17-5-2-1-4-13(17)16-11-15-12(10-18(16)26)6-7-14-19(15)24-25(9-3-8-23)20(14)21(27)28/h1-2,4-5,10-11,26H,3,6-9,23H2,(H,27,28). The fourth-order valence-electron chi connectivity index (χ4n) is 3.81. The molecule has 1 aliphatic carbocycles. The first-order chi connectivity index (χ1) is 13.5. The van der Waals surface area contributed by atoms with Gasteiger partial charge < -0.3 is 15.9 Å². The Morgan fingerprint density at radius 3 is 2.68 bits per heavy atom. The number of aromatic hydroxyl groups is 1. The van der Waals surface area contributed by atoms with Crippen LogP contribution in [0.5, 0.6) is 5.75 Å². The van der Waals surface area contributed by atoms with Crippen LogP contribution in [0, 0.1) is 0 Å². The molecular weight excluding hydrogens is 378 g/mol. The average Bonchev–Trinajstić information content (AvgIpc) is 3.05. The molecule has 0 radical (unpaired) electrons. The number of nitrogens with two attached hydrogens (primary N) is 1. The summed E-state index contributed by atoms with van der Waals surface area (Å²) in [5.41, 5.74) is 10.3. The van der Waals surface area contributed by atoms with Crippen molar-refractivity contribution in [2.45, 2.75) is 25.8 Å². The number of benzene rings is 2. The lowest BCUT2D eigenvalue weighted by atomic mass is 9.86. The maximum Gasteiger partial charge on any atom is 0.354 e. The monoisotopic (exact) mass is 397 g/mol. The van der Waals surface area contributed by atoms with E-state index in [9.17, 15) is 15.0 Å². The smallest absolute Gasteiger partial charge is 0.354 e. The minimum atomic E-state index is -0.987. The number of nitrogens with zero attached hydrogens (tertiary/aromatic N) is 2. The van der Waals surface area contributed by atoms with Gasteiger partial charge in [-0.1, -0.05) is 29.8 Å². The van der Waals surface area contributed by atoms with E-state index in [-0.39, 0.29) is 11.4 Å². The Balaban J connectivity index is 1.90. The molecule has 0 saturated carbocycles. The summed E-state index contributed by atoms with van der Waals surface area (Å²) < 4.78 is 1.54. The number of hydrogen-bond acceptors (Lipinski definition) is 4. The number of carboxylic acid groups (broad SMARTS) is 1. The van der Waals surface area contributed by atoms with Crippen LogP contribution in [0.4, 0.5) is 0 Å². The third kappa shape index (κ3) is 3.04. The van der Waals surface area contributed by atoms with Gasteiger partial charge >= 0.3 is 5.97 Å². The molecule has 2 aromatic carbocycles. The number of rotatable bonds is 5. The van der Waals surface area contributed by atoms with Crippen LogP contribution in [0.25, 0.3) is 22.4 Å². The SMILES string of the molecule is NCCCn1nc2c(c1C(=O)O)CCc1cc(O)c(-c3ccccc3Cl)cc1-2. The number of aromatic carboxylic acids is 1. The van der Waals surface area contributed by atoms with Crippen molar-refractivity contribution in [3.63, 3.8) is 0 Å². The molecule has 6 nitrogen and oxygen atoms in total. The Hall–Kier alpha value is -2.83. The minimum absolute atomic E-state index is 0.149. The summed E-state index contributed by atoms with van der Waals surface area (Å²) in [6, 6.07) is 10.9. The number of phenolic OH excluding ortho intramolecular Hbond substituents is 1. The molecule has 1 aromatic heterocycles. The van der Waals surface area contributed by atoms with Gasteiger partial charge in [0.2, 0.25) is 0 Å². The molecule has 144 valence electrons. The van der Waals surface area contributed by atoms with Gasteiger partial charge in [-0.3, -0.25) is 4.68 Å². The van der Waals surface area contributed by atoms with Crippen LogP contribution in [0.1, 0.15) is 28.0 Å². The van der Waals surface area contributed by atoms with Gasteiger partial charge in [0.1, 0.15) is 11.4 Å². The lowest BCUT2D eigenvalue weighted by Crippen LogP contribution is -2.14. The molecule has 0 unspecified atom stereocenters. The fourth-order valence-corrected chi connectivity index (χ4v) is 4.05. The highest BCUT2D eigenvalue weighted by atomic mass is 35.5. The highest BCUT2D eigenvalue weighted by molar-refractivity contribution is 6.33. The molecule has 7 heteroatoms. The second-order valence-corrected chi connectivity index (χ2v) is 7.26. The van der Waals surface area contributed by atoms with E-state index < -0.39 is 5.97 Å². The predicted molar refractivity (Wildman–Crippen MR) is 108 cm³/mol. The van der Waals surface area contributed by atoms with E-state index in [1.807, 2.05) is 24.3 Å². The van der Waals surface area contributed by atoms with E-state index in [2.05, 4.69) is 5.10 Å². The first-order valence-electron chi connectivity index (χ1n) is 9.15. The lowest BCUT2D eigenvalue weighted by Gasteiger charge is -2.18. The van der Waals surface area contributed by atoms with Gasteiger partial charge in [-0.25, -0.2) is 4.79 Å². The molecule has 0 saturated heterocycles. The van der Waals surface area contributed by atoms with Crippen molar-refractivity contribution in [1.82, 2.24) is 9.78 Å². The summed E-state index contributed by atoms with van der Waals surface area (Å²) in [7, 11) is 0. The van der Waals surface area contributed by atoms with E-state index in [4.69, 9.17) is 17.3 Å². The quantitative estimate of drug-likeness (QED) is 0.609. The Bertz CT molecular complexity index is 1070. The first-order valence-corrected chi connectivity index (χ1v) is 9.53. The number of carboxylic acids is 1. The average molecular weight is 398 g/mol. The minimum Gasteiger partial charge on any atom is -0.507 e. The maximum atomic E-state index is 11.9. The van der Waals surface area contributed by atoms with E-state index >= 15 is 0 Å². The molecular formula is C21H20ClN3O3. The Morgan fingerprint density at radius 1 is 1.18 bits per heavy atom. The molecule has 0 amide bonds. The van der Waals surface area contributed by atoms with Crippen LogP contribution in [-0.2, 0) is 19.4 Å². The maximum absolute atomic E-state index is 11.9. The van der Waals surface area contributed by atoms with Crippen LogP contribution >= 0.6 is 11.6 Å². The molecule has 0 aliphatic heterocycles. The van der Waals surface area contributed by atoms with Gasteiger partial charge in [0.15, 0.2) is 0 Å². The number of halogens is 1. The molecule has 4 rings (SSSR count). The van der Waals surface area contributed by atoms with Gasteiger partial charge in [0, 0.05) is 33.8 Å². The molecule has 1 aliphatic rings. The normalized spacial score (nSPS) is 12.5. The molecule has 28 heavy (non-hydrogen) atoms. The number of fused-ring (bicyclic) bond motifs is 3. The topological polar surface area (TPSA) is 101 Å². The number of carbonyl (C=O) groups is 1. The predicted octanol–water partition coefficient (Wildman–Crippen LogP) is 3.72. The second kappa shape index (κ2) is 7.30. The van der Waals surface area contributed by atoms with Crippen molar-refractivity contribution in [1.29, 1.82) is 0 Å². The van der Waals surface area contributed by atoms with Crippen LogP contribution in [0.3, 0.4) is 0 Å². The van der Waals surface area contributed by atoms with Gasteiger partial charge in [-0.2, -0.15) is 5.10 Å². The zero-order valence-electron chi connectivity index (χ0n) is 15.2. The summed E-state index contributed by atoms with van der Waals surface area (Å²) in [5, 5.41) is 25.4. The summed E-state index contributed by atoms with van der Waals surface area (Å²) in [6.45, 7) is 0.917. The highest BCUT2D eigenvalue weighted by Crippen LogP contribution is 2.42. The third-order valence-corrected chi connectivity index (χ3v) is 5.44. The highest BCUT2D eigenvalue weighted by Gasteiger charge is 2.29. The molecule has 0 atom stereocenters. The van der Waals surface area contributed by atoms with E-state index in [1.54, 1.807) is 12.1 Å². The summed E-state index contributed by atoms with van der Waals surface area (Å²) in [4.78, 5) is 11.9. The Morgan fingerprint density at radius 2 is 1.96 bits per heavy atom. The zero-order chi connectivity index (χ0) is 19.8. The van der Waals surface area contributed by atoms with Crippen molar-refractivity contribution < 1.29 is 15.0 Å². The number of aryl methyl sites for hydroxylation is 2. The summed E-state index contributed by atoms with van der Waals surface area (Å²) in [6.07, 6.45) is 1.85. The Labute approximate surface area is 167 Å².